The summed E-state index contributed by atoms with van der Waals surface area (Å²) >= 11 is 0. The fourth-order valence-electron chi connectivity index (χ4n) is 1.58. The molecule has 0 saturated heterocycles. The molecular formula is C13H20N4O3. The highest BCUT2D eigenvalue weighted by molar-refractivity contribution is 5.92. The van der Waals surface area contributed by atoms with Crippen LogP contribution >= 0.6 is 0 Å². The number of hydrogen-bond donors (Lipinski definition) is 1. The minimum absolute atomic E-state index is 0.226. The van der Waals surface area contributed by atoms with Gasteiger partial charge >= 0.3 is 5.97 Å². The predicted molar refractivity (Wildman–Crippen MR) is 74.6 cm³/mol. The molecule has 0 unspecified atom stereocenters. The first-order chi connectivity index (χ1) is 9.58. The van der Waals surface area contributed by atoms with Crippen LogP contribution in [0.25, 0.3) is 0 Å². The van der Waals surface area contributed by atoms with E-state index in [1.807, 2.05) is 18.9 Å². The van der Waals surface area contributed by atoms with Crippen molar-refractivity contribution in [1.82, 2.24) is 15.5 Å². The van der Waals surface area contributed by atoms with Crippen molar-refractivity contribution < 1.29 is 14.3 Å². The normalized spacial score (nSPS) is 9.95. The molecule has 1 N–H and O–H groups in total. The number of carbonyl (C=O) groups excluding carboxylic acids is 2. The second kappa shape index (κ2) is 8.08. The third kappa shape index (κ3) is 4.83. The lowest BCUT2D eigenvalue weighted by Gasteiger charge is -2.17. The Morgan fingerprint density at radius 2 is 2.10 bits per heavy atom. The zero-order chi connectivity index (χ0) is 15.0. The first kappa shape index (κ1) is 15.9. The first-order valence-corrected chi connectivity index (χ1v) is 6.48. The van der Waals surface area contributed by atoms with Gasteiger partial charge in [0.1, 0.15) is 0 Å². The van der Waals surface area contributed by atoms with Crippen molar-refractivity contribution in [3.63, 3.8) is 0 Å². The summed E-state index contributed by atoms with van der Waals surface area (Å²) in [6.07, 6.45) is 1.04. The average Bonchev–Trinajstić information content (AvgIpc) is 2.47. The number of aromatic nitrogens is 2. The highest BCUT2D eigenvalue weighted by Crippen LogP contribution is 2.08. The van der Waals surface area contributed by atoms with Crippen molar-refractivity contribution >= 4 is 17.7 Å². The minimum Gasteiger partial charge on any atom is -0.469 e. The molecule has 0 aromatic carbocycles. The second-order valence-corrected chi connectivity index (χ2v) is 4.24. The summed E-state index contributed by atoms with van der Waals surface area (Å²) < 4.78 is 4.57. The standard InChI is InChI=1S/C13H20N4O3/c1-4-14-13(19)10-7-8-11(16-15-10)17(2)9-5-6-12(18)20-3/h7-8H,4-6,9H2,1-3H3,(H,14,19). The topological polar surface area (TPSA) is 84.4 Å². The van der Waals surface area contributed by atoms with Gasteiger partial charge in [0.25, 0.3) is 5.91 Å². The van der Waals surface area contributed by atoms with Crippen LogP contribution in [0, 0.1) is 0 Å². The largest absolute Gasteiger partial charge is 0.469 e. The van der Waals surface area contributed by atoms with E-state index < -0.39 is 0 Å². The lowest BCUT2D eigenvalue weighted by atomic mass is 10.3. The molecule has 0 atom stereocenters. The zero-order valence-electron chi connectivity index (χ0n) is 12.0. The Kier molecular flexibility index (Phi) is 6.42. The van der Waals surface area contributed by atoms with Crippen LogP contribution in [0.3, 0.4) is 0 Å². The Morgan fingerprint density at radius 1 is 1.35 bits per heavy atom. The molecular weight excluding hydrogens is 260 g/mol. The Labute approximate surface area is 118 Å². The predicted octanol–water partition coefficient (Wildman–Crippen LogP) is 0.616. The van der Waals surface area contributed by atoms with Gasteiger partial charge in [-0.1, -0.05) is 0 Å². The lowest BCUT2D eigenvalue weighted by molar-refractivity contribution is -0.140. The smallest absolute Gasteiger partial charge is 0.305 e. The maximum atomic E-state index is 11.5. The van der Waals surface area contributed by atoms with Crippen molar-refractivity contribution in [3.8, 4) is 0 Å². The van der Waals surface area contributed by atoms with E-state index in [-0.39, 0.29) is 11.9 Å². The summed E-state index contributed by atoms with van der Waals surface area (Å²) in [5, 5.41) is 10.5. The lowest BCUT2D eigenvalue weighted by Crippen LogP contribution is -2.25. The third-order valence-corrected chi connectivity index (χ3v) is 2.71. The van der Waals surface area contributed by atoms with Crippen molar-refractivity contribution in [2.75, 3.05) is 32.1 Å². The van der Waals surface area contributed by atoms with Crippen molar-refractivity contribution in [1.29, 1.82) is 0 Å². The highest BCUT2D eigenvalue weighted by Gasteiger charge is 2.09. The Balaban J connectivity index is 2.50. The molecule has 1 rings (SSSR count). The number of nitrogens with one attached hydrogen (secondary N) is 1. The van der Waals surface area contributed by atoms with Crippen molar-refractivity contribution in [2.24, 2.45) is 0 Å². The van der Waals surface area contributed by atoms with E-state index in [0.717, 1.165) is 0 Å². The molecule has 1 amide bonds. The Bertz CT molecular complexity index is 447. The molecule has 0 bridgehead atoms. The van der Waals surface area contributed by atoms with E-state index in [1.54, 1.807) is 12.1 Å². The number of anilines is 1. The van der Waals surface area contributed by atoms with Crippen LogP contribution in [0.4, 0.5) is 5.82 Å². The van der Waals surface area contributed by atoms with E-state index in [1.165, 1.54) is 7.11 Å². The van der Waals surface area contributed by atoms with Crippen molar-refractivity contribution in [2.45, 2.75) is 19.8 Å². The van der Waals surface area contributed by atoms with Gasteiger partial charge in [0.15, 0.2) is 11.5 Å². The number of ether oxygens (including phenoxy) is 1. The number of rotatable bonds is 7. The molecule has 7 nitrogen and oxygen atoms in total. The molecule has 20 heavy (non-hydrogen) atoms. The monoisotopic (exact) mass is 280 g/mol. The molecule has 1 aromatic heterocycles. The number of hydrogen-bond acceptors (Lipinski definition) is 6. The summed E-state index contributed by atoms with van der Waals surface area (Å²) in [7, 11) is 3.23. The van der Waals surface area contributed by atoms with Gasteiger partial charge in [-0.2, -0.15) is 0 Å². The molecule has 0 aliphatic carbocycles. The third-order valence-electron chi connectivity index (χ3n) is 2.71. The van der Waals surface area contributed by atoms with Crippen LogP contribution in [0.2, 0.25) is 0 Å². The quantitative estimate of drug-likeness (QED) is 0.737. The zero-order valence-corrected chi connectivity index (χ0v) is 12.0. The summed E-state index contributed by atoms with van der Waals surface area (Å²) in [5.41, 5.74) is 0.290. The first-order valence-electron chi connectivity index (χ1n) is 6.48. The highest BCUT2D eigenvalue weighted by atomic mass is 16.5. The van der Waals surface area contributed by atoms with E-state index in [2.05, 4.69) is 20.3 Å². The molecule has 1 heterocycles. The van der Waals surface area contributed by atoms with Gasteiger partial charge in [0.2, 0.25) is 0 Å². The molecule has 110 valence electrons. The molecule has 0 radical (unpaired) electrons. The van der Waals surface area contributed by atoms with Gasteiger partial charge in [0, 0.05) is 26.6 Å². The van der Waals surface area contributed by atoms with E-state index in [4.69, 9.17) is 0 Å². The fraction of sp³-hybridized carbons (Fsp3) is 0.538. The van der Waals surface area contributed by atoms with Crippen molar-refractivity contribution in [3.05, 3.63) is 17.8 Å². The van der Waals surface area contributed by atoms with Gasteiger partial charge in [-0.05, 0) is 25.5 Å². The van der Waals surface area contributed by atoms with E-state index in [9.17, 15) is 9.59 Å². The summed E-state index contributed by atoms with van der Waals surface area (Å²) in [5.74, 6) is 0.193. The van der Waals surface area contributed by atoms with Gasteiger partial charge in [-0.25, -0.2) is 0 Å². The summed E-state index contributed by atoms with van der Waals surface area (Å²) in [6, 6.07) is 3.36. The molecule has 0 aliphatic rings. The van der Waals surface area contributed by atoms with Crippen LogP contribution in [0.15, 0.2) is 12.1 Å². The van der Waals surface area contributed by atoms with Gasteiger partial charge in [0.05, 0.1) is 7.11 Å². The minimum atomic E-state index is -0.236. The second-order valence-electron chi connectivity index (χ2n) is 4.24. The van der Waals surface area contributed by atoms with Crippen LogP contribution in [-0.4, -0.2) is 49.3 Å². The number of amides is 1. The molecule has 1 aromatic rings. The van der Waals surface area contributed by atoms with Gasteiger partial charge < -0.3 is 15.0 Å². The maximum Gasteiger partial charge on any atom is 0.305 e. The van der Waals surface area contributed by atoms with Crippen LogP contribution in [0.5, 0.6) is 0 Å². The van der Waals surface area contributed by atoms with Crippen LogP contribution in [0.1, 0.15) is 30.3 Å². The number of methoxy groups -OCH3 is 1. The van der Waals surface area contributed by atoms with Crippen LogP contribution in [-0.2, 0) is 9.53 Å². The molecule has 0 spiro atoms. The Morgan fingerprint density at radius 3 is 2.65 bits per heavy atom. The average molecular weight is 280 g/mol. The van der Waals surface area contributed by atoms with Gasteiger partial charge in [-0.3, -0.25) is 9.59 Å². The number of nitrogens with zero attached hydrogens (tertiary/aromatic N) is 3. The van der Waals surface area contributed by atoms with Gasteiger partial charge in [-0.15, -0.1) is 10.2 Å². The summed E-state index contributed by atoms with van der Waals surface area (Å²) in [6.45, 7) is 3.05. The summed E-state index contributed by atoms with van der Waals surface area (Å²) in [4.78, 5) is 24.4. The van der Waals surface area contributed by atoms with Crippen LogP contribution < -0.4 is 10.2 Å². The number of carbonyl (C=O) groups is 2. The maximum absolute atomic E-state index is 11.5. The molecule has 0 aliphatic heterocycles. The van der Waals surface area contributed by atoms with E-state index in [0.29, 0.717) is 37.4 Å². The fourth-order valence-corrected chi connectivity index (χ4v) is 1.58. The SMILES string of the molecule is CCNC(=O)c1ccc(N(C)CCCC(=O)OC)nn1. The molecule has 0 saturated carbocycles. The number of esters is 1. The Hall–Kier alpha value is -2.18. The molecule has 7 heteroatoms. The molecule has 0 fully saturated rings. The van der Waals surface area contributed by atoms with E-state index >= 15 is 0 Å².